The highest BCUT2D eigenvalue weighted by molar-refractivity contribution is 7.99. The van der Waals surface area contributed by atoms with Gasteiger partial charge in [-0.05, 0) is 18.2 Å². The minimum absolute atomic E-state index is 0.0359. The molecule has 21 heavy (non-hydrogen) atoms. The molecule has 0 unspecified atom stereocenters. The Morgan fingerprint density at radius 2 is 2.14 bits per heavy atom. The van der Waals surface area contributed by atoms with Gasteiger partial charge < -0.3 is 5.73 Å². The highest BCUT2D eigenvalue weighted by Crippen LogP contribution is 2.30. The molecule has 114 valence electrons. The van der Waals surface area contributed by atoms with E-state index in [1.807, 2.05) is 6.92 Å². The van der Waals surface area contributed by atoms with Crippen LogP contribution in [0.1, 0.15) is 19.2 Å². The molecule has 0 radical (unpaired) electrons. The molecule has 0 aliphatic carbocycles. The smallest absolute Gasteiger partial charge is 0.384 e. The Kier molecular flexibility index (Phi) is 4.21. The van der Waals surface area contributed by atoms with E-state index in [9.17, 15) is 18.0 Å². The van der Waals surface area contributed by atoms with E-state index in [2.05, 4.69) is 20.2 Å². The van der Waals surface area contributed by atoms with E-state index >= 15 is 0 Å². The number of halogens is 3. The molecule has 3 N–H and O–H groups in total. The van der Waals surface area contributed by atoms with E-state index in [1.165, 1.54) is 10.6 Å². The summed E-state index contributed by atoms with van der Waals surface area (Å²) in [5, 5.41) is 6.18. The van der Waals surface area contributed by atoms with Crippen molar-refractivity contribution in [1.82, 2.24) is 24.7 Å². The van der Waals surface area contributed by atoms with Gasteiger partial charge in [0.15, 0.2) is 5.16 Å². The second kappa shape index (κ2) is 5.76. The number of anilines is 1. The molecular weight excluding hydrogens is 309 g/mol. The number of nitrogens with one attached hydrogen (secondary N) is 1. The van der Waals surface area contributed by atoms with Crippen molar-refractivity contribution in [1.29, 1.82) is 0 Å². The van der Waals surface area contributed by atoms with Gasteiger partial charge in [-0.1, -0.05) is 6.92 Å². The van der Waals surface area contributed by atoms with Crippen molar-refractivity contribution in [3.05, 3.63) is 22.4 Å². The van der Waals surface area contributed by atoms with E-state index in [0.29, 0.717) is 13.0 Å². The van der Waals surface area contributed by atoms with Crippen molar-refractivity contribution in [3.63, 3.8) is 0 Å². The highest BCUT2D eigenvalue weighted by Gasteiger charge is 2.35. The number of hydrogen-bond donors (Lipinski definition) is 2. The average molecular weight is 320 g/mol. The summed E-state index contributed by atoms with van der Waals surface area (Å²) in [6.45, 7) is 2.25. The third-order valence-corrected chi connectivity index (χ3v) is 3.25. The van der Waals surface area contributed by atoms with Crippen LogP contribution in [0.3, 0.4) is 0 Å². The SMILES string of the molecule is CCCn1c(Sc2cc(N)nc(C(F)(F)F)n2)n[nH]c1=O. The molecule has 2 aromatic rings. The zero-order chi connectivity index (χ0) is 15.6. The van der Waals surface area contributed by atoms with Crippen molar-refractivity contribution >= 4 is 17.6 Å². The van der Waals surface area contributed by atoms with Gasteiger partial charge in [-0.2, -0.15) is 13.2 Å². The maximum atomic E-state index is 12.6. The Hall–Kier alpha value is -2.04. The molecule has 0 amide bonds. The molecule has 0 fully saturated rings. The van der Waals surface area contributed by atoms with E-state index in [1.54, 1.807) is 0 Å². The summed E-state index contributed by atoms with van der Waals surface area (Å²) in [6.07, 6.45) is -4.02. The van der Waals surface area contributed by atoms with Gasteiger partial charge in [-0.25, -0.2) is 19.9 Å². The quantitative estimate of drug-likeness (QED) is 0.828. The number of nitrogens with two attached hydrogens (primary N) is 1. The first-order chi connectivity index (χ1) is 9.81. The van der Waals surface area contributed by atoms with Gasteiger partial charge in [-0.3, -0.25) is 4.57 Å². The zero-order valence-electron chi connectivity index (χ0n) is 10.8. The fourth-order valence-corrected chi connectivity index (χ4v) is 2.39. The van der Waals surface area contributed by atoms with Crippen molar-refractivity contribution in [2.75, 3.05) is 5.73 Å². The summed E-state index contributed by atoms with van der Waals surface area (Å²) in [6, 6.07) is 1.19. The third-order valence-electron chi connectivity index (χ3n) is 2.34. The molecule has 0 saturated carbocycles. The number of nitrogen functional groups attached to an aromatic ring is 1. The van der Waals surface area contributed by atoms with Crippen molar-refractivity contribution < 1.29 is 13.2 Å². The number of alkyl halides is 3. The predicted octanol–water partition coefficient (Wildman–Crippen LogP) is 1.52. The Balaban J connectivity index is 2.36. The molecule has 0 aliphatic rings. The Morgan fingerprint density at radius 1 is 1.43 bits per heavy atom. The summed E-state index contributed by atoms with van der Waals surface area (Å²) < 4.78 is 39.2. The van der Waals surface area contributed by atoms with Crippen LogP contribution in [-0.4, -0.2) is 24.7 Å². The minimum Gasteiger partial charge on any atom is -0.384 e. The van der Waals surface area contributed by atoms with Crippen LogP contribution >= 0.6 is 11.8 Å². The Bertz CT molecular complexity index is 695. The average Bonchev–Trinajstić information content (AvgIpc) is 2.70. The lowest BCUT2D eigenvalue weighted by Crippen LogP contribution is -2.17. The van der Waals surface area contributed by atoms with Gasteiger partial charge >= 0.3 is 11.9 Å². The number of H-pyrrole nitrogens is 1. The third kappa shape index (κ3) is 3.54. The van der Waals surface area contributed by atoms with Gasteiger partial charge in [0.2, 0.25) is 5.82 Å². The summed E-state index contributed by atoms with van der Waals surface area (Å²) in [5.74, 6) is -1.63. The van der Waals surface area contributed by atoms with Gasteiger partial charge in [0.05, 0.1) is 0 Å². The van der Waals surface area contributed by atoms with Gasteiger partial charge in [0.25, 0.3) is 0 Å². The zero-order valence-corrected chi connectivity index (χ0v) is 11.6. The second-order valence-corrected chi connectivity index (χ2v) is 5.00. The van der Waals surface area contributed by atoms with Crippen molar-refractivity contribution in [2.45, 2.75) is 36.2 Å². The molecule has 0 saturated heterocycles. The first-order valence-electron chi connectivity index (χ1n) is 5.86. The van der Waals surface area contributed by atoms with E-state index in [0.717, 1.165) is 11.8 Å². The Morgan fingerprint density at radius 3 is 2.76 bits per heavy atom. The van der Waals surface area contributed by atoms with Crippen LogP contribution < -0.4 is 11.4 Å². The van der Waals surface area contributed by atoms with E-state index < -0.39 is 17.7 Å². The molecule has 2 aromatic heterocycles. The molecule has 0 bridgehead atoms. The Labute approximate surface area is 120 Å². The molecule has 0 aliphatic heterocycles. The number of aromatic nitrogens is 5. The summed E-state index contributed by atoms with van der Waals surface area (Å²) in [7, 11) is 0. The maximum Gasteiger partial charge on any atom is 0.451 e. The lowest BCUT2D eigenvalue weighted by molar-refractivity contribution is -0.145. The topological polar surface area (TPSA) is 102 Å². The maximum absolute atomic E-state index is 12.6. The lowest BCUT2D eigenvalue weighted by atomic mass is 10.5. The van der Waals surface area contributed by atoms with Crippen LogP contribution in [0.2, 0.25) is 0 Å². The summed E-state index contributed by atoms with van der Waals surface area (Å²) >= 11 is 0.809. The van der Waals surface area contributed by atoms with Gasteiger partial charge in [0, 0.05) is 12.6 Å². The van der Waals surface area contributed by atoms with E-state index in [4.69, 9.17) is 5.73 Å². The normalized spacial score (nSPS) is 11.8. The first kappa shape index (κ1) is 15.4. The fourth-order valence-electron chi connectivity index (χ4n) is 1.52. The standard InChI is InChI=1S/C10H11F3N6OS/c1-2-3-19-8(20)17-18-9(19)21-6-4-5(14)15-7(16-6)10(11,12)13/h4H,2-3H2,1H3,(H,17,20)(H2,14,15,16). The molecule has 7 nitrogen and oxygen atoms in total. The van der Waals surface area contributed by atoms with E-state index in [-0.39, 0.29) is 16.0 Å². The molecule has 0 aromatic carbocycles. The van der Waals surface area contributed by atoms with Crippen LogP contribution in [-0.2, 0) is 12.7 Å². The fraction of sp³-hybridized carbons (Fsp3) is 0.400. The number of nitrogens with zero attached hydrogens (tertiary/aromatic N) is 4. The van der Waals surface area contributed by atoms with Crippen LogP contribution in [0.25, 0.3) is 0 Å². The summed E-state index contributed by atoms with van der Waals surface area (Å²) in [5.41, 5.74) is 4.92. The highest BCUT2D eigenvalue weighted by atomic mass is 32.2. The van der Waals surface area contributed by atoms with Gasteiger partial charge in [0.1, 0.15) is 10.8 Å². The molecule has 2 heterocycles. The molecule has 11 heteroatoms. The van der Waals surface area contributed by atoms with Crippen LogP contribution in [0.4, 0.5) is 19.0 Å². The largest absolute Gasteiger partial charge is 0.451 e. The van der Waals surface area contributed by atoms with Crippen molar-refractivity contribution in [3.8, 4) is 0 Å². The van der Waals surface area contributed by atoms with Gasteiger partial charge in [-0.15, -0.1) is 5.10 Å². The van der Waals surface area contributed by atoms with Crippen LogP contribution in [0, 0.1) is 0 Å². The molecule has 0 atom stereocenters. The van der Waals surface area contributed by atoms with Crippen molar-refractivity contribution in [2.24, 2.45) is 0 Å². The molecule has 2 rings (SSSR count). The monoisotopic (exact) mass is 320 g/mol. The molecule has 0 spiro atoms. The first-order valence-corrected chi connectivity index (χ1v) is 6.67. The number of hydrogen-bond acceptors (Lipinski definition) is 6. The second-order valence-electron chi connectivity index (χ2n) is 4.02. The predicted molar refractivity (Wildman–Crippen MR) is 68.7 cm³/mol. The lowest BCUT2D eigenvalue weighted by Gasteiger charge is -2.08. The van der Waals surface area contributed by atoms with Crippen LogP contribution in [0.15, 0.2) is 21.0 Å². The van der Waals surface area contributed by atoms with Crippen LogP contribution in [0.5, 0.6) is 0 Å². The minimum atomic E-state index is -4.70. The number of aromatic amines is 1. The molecular formula is C10H11F3N6OS. The number of rotatable bonds is 4. The summed E-state index contributed by atoms with van der Waals surface area (Å²) in [4.78, 5) is 18.0.